The van der Waals surface area contributed by atoms with Gasteiger partial charge in [0.1, 0.15) is 0 Å². The Kier molecular flexibility index (Phi) is 2.92. The molecule has 0 aromatic rings. The van der Waals surface area contributed by atoms with Gasteiger partial charge < -0.3 is 10.2 Å². The predicted octanol–water partition coefficient (Wildman–Crippen LogP) is -2.07. The molecule has 0 rings (SSSR count). The number of hydrogen-bond donors (Lipinski definition) is 2. The molecular weight excluding hydrogens is 83.0 g/mol. The lowest BCUT2D eigenvalue weighted by Crippen LogP contribution is -2.09. The van der Waals surface area contributed by atoms with Gasteiger partial charge in [0, 0.05) is 4.97 Å². The Hall–Kier alpha value is 0.452. The Balaban J connectivity index is 2.54. The van der Waals surface area contributed by atoms with Crippen LogP contribution < -0.4 is 0 Å². The third-order valence-corrected chi connectivity index (χ3v) is 0.629. The fourth-order valence-corrected chi connectivity index (χ4v) is 0. The van der Waals surface area contributed by atoms with Gasteiger partial charge in [0.05, 0.1) is 6.61 Å². The lowest BCUT2D eigenvalue weighted by Gasteiger charge is -1.90. The SMILES string of the molecule is OC[CH](O)[AlH2]. The highest BCUT2D eigenvalue weighted by Crippen LogP contribution is 1.61. The molecule has 0 amide bonds. The molecule has 1 atom stereocenters. The second-order valence-corrected chi connectivity index (χ2v) is 2.36. The molecule has 0 aliphatic rings. The predicted molar refractivity (Wildman–Crippen MR) is 21.6 cm³/mol. The van der Waals surface area contributed by atoms with Crippen molar-refractivity contribution in [2.75, 3.05) is 6.61 Å². The van der Waals surface area contributed by atoms with Crippen LogP contribution in [-0.4, -0.2) is 38.1 Å². The lowest BCUT2D eigenvalue weighted by atomic mass is 10.8. The molecule has 0 spiro atoms. The van der Waals surface area contributed by atoms with E-state index in [0.29, 0.717) is 16.3 Å². The zero-order chi connectivity index (χ0) is 4.28. The van der Waals surface area contributed by atoms with E-state index in [1.807, 2.05) is 0 Å². The molecule has 2 nitrogen and oxygen atoms in total. The van der Waals surface area contributed by atoms with E-state index < -0.39 is 4.97 Å². The fraction of sp³-hybridized carbons (Fsp3) is 1.00. The smallest absolute Gasteiger partial charge is 0.262 e. The van der Waals surface area contributed by atoms with E-state index in [4.69, 9.17) is 10.2 Å². The minimum Gasteiger partial charge on any atom is -0.407 e. The zero-order valence-corrected chi connectivity index (χ0v) is 5.18. The largest absolute Gasteiger partial charge is 0.407 e. The Morgan fingerprint density at radius 3 is 2.00 bits per heavy atom. The van der Waals surface area contributed by atoms with Gasteiger partial charge in [-0.25, -0.2) is 0 Å². The first-order valence-corrected chi connectivity index (χ1v) is 2.71. The molecule has 3 heteroatoms. The van der Waals surface area contributed by atoms with Crippen molar-refractivity contribution in [3.05, 3.63) is 0 Å². The van der Waals surface area contributed by atoms with Gasteiger partial charge in [-0.1, -0.05) is 0 Å². The van der Waals surface area contributed by atoms with Crippen molar-refractivity contribution in [3.63, 3.8) is 0 Å². The first-order valence-electron chi connectivity index (χ1n) is 1.56. The number of rotatable bonds is 1. The van der Waals surface area contributed by atoms with Gasteiger partial charge in [0.15, 0.2) is 0 Å². The van der Waals surface area contributed by atoms with Crippen LogP contribution in [0.5, 0.6) is 0 Å². The third kappa shape index (κ3) is 4.45. The maximum absolute atomic E-state index is 8.17. The van der Waals surface area contributed by atoms with Crippen LogP contribution in [0.15, 0.2) is 0 Å². The fourth-order valence-electron chi connectivity index (χ4n) is 0. The van der Waals surface area contributed by atoms with Gasteiger partial charge in [0.25, 0.3) is 16.3 Å². The Labute approximate surface area is 38.9 Å². The molecule has 0 aliphatic carbocycles. The van der Waals surface area contributed by atoms with Crippen molar-refractivity contribution in [3.8, 4) is 0 Å². The summed E-state index contributed by atoms with van der Waals surface area (Å²) in [5.41, 5.74) is 0. The minimum atomic E-state index is -0.421. The summed E-state index contributed by atoms with van der Waals surface area (Å²) in [5.74, 6) is 0. The van der Waals surface area contributed by atoms with Crippen molar-refractivity contribution in [2.24, 2.45) is 0 Å². The summed E-state index contributed by atoms with van der Waals surface area (Å²) in [4.78, 5) is -0.421. The van der Waals surface area contributed by atoms with Crippen molar-refractivity contribution in [1.29, 1.82) is 0 Å². The van der Waals surface area contributed by atoms with Crippen LogP contribution in [0.25, 0.3) is 0 Å². The van der Waals surface area contributed by atoms with Crippen LogP contribution in [0.3, 0.4) is 0 Å². The highest BCUT2D eigenvalue weighted by Gasteiger charge is 1.84. The molecule has 0 radical (unpaired) electrons. The standard InChI is InChI=1S/C2H5O2.Al.2H/c3-1-2-4;;;/h1,3-4H,2H2;;;. The summed E-state index contributed by atoms with van der Waals surface area (Å²) in [6.07, 6.45) is 0. The first-order chi connectivity index (χ1) is 2.27. The highest BCUT2D eigenvalue weighted by molar-refractivity contribution is 6.10. The second-order valence-electron chi connectivity index (χ2n) is 1.03. The summed E-state index contributed by atoms with van der Waals surface area (Å²) in [6.45, 7) is -0.0772. The van der Waals surface area contributed by atoms with E-state index in [2.05, 4.69) is 0 Å². The molecule has 0 fully saturated rings. The molecule has 2 N–H and O–H groups in total. The monoisotopic (exact) mass is 90.0 g/mol. The lowest BCUT2D eigenvalue weighted by molar-refractivity contribution is 0.155. The highest BCUT2D eigenvalue weighted by atomic mass is 27.0. The van der Waals surface area contributed by atoms with Gasteiger partial charge in [-0.05, 0) is 0 Å². The average Bonchev–Trinajstić information content (AvgIpc) is 1.38. The summed E-state index contributed by atoms with van der Waals surface area (Å²) < 4.78 is 0. The van der Waals surface area contributed by atoms with Crippen molar-refractivity contribution in [2.45, 2.75) is 4.97 Å². The van der Waals surface area contributed by atoms with Crippen molar-refractivity contribution < 1.29 is 10.2 Å². The van der Waals surface area contributed by atoms with Crippen LogP contribution in [0.4, 0.5) is 0 Å². The Bertz CT molecular complexity index is 21.6. The average molecular weight is 90.1 g/mol. The van der Waals surface area contributed by atoms with Gasteiger partial charge in [-0.3, -0.25) is 0 Å². The van der Waals surface area contributed by atoms with Crippen LogP contribution in [0.1, 0.15) is 0 Å². The van der Waals surface area contributed by atoms with Crippen molar-refractivity contribution in [1.82, 2.24) is 0 Å². The number of hydrogen-bond acceptors (Lipinski definition) is 2. The molecular formula is C2H7AlO2. The Morgan fingerprint density at radius 2 is 2.00 bits per heavy atom. The molecule has 0 saturated heterocycles. The van der Waals surface area contributed by atoms with Gasteiger partial charge in [-0.2, -0.15) is 0 Å². The maximum Gasteiger partial charge on any atom is 0.262 e. The van der Waals surface area contributed by atoms with Gasteiger partial charge in [0.2, 0.25) is 0 Å². The molecule has 0 aromatic heterocycles. The van der Waals surface area contributed by atoms with Crippen LogP contribution in [0, 0.1) is 0 Å². The molecule has 1 unspecified atom stereocenters. The molecule has 0 bridgehead atoms. The van der Waals surface area contributed by atoms with E-state index in [1.54, 1.807) is 0 Å². The summed E-state index contributed by atoms with van der Waals surface area (Å²) in [6, 6.07) is 0. The molecule has 0 aromatic carbocycles. The molecule has 5 heavy (non-hydrogen) atoms. The van der Waals surface area contributed by atoms with Crippen molar-refractivity contribution >= 4 is 16.3 Å². The van der Waals surface area contributed by atoms with E-state index in [0.717, 1.165) is 0 Å². The van der Waals surface area contributed by atoms with E-state index >= 15 is 0 Å². The first kappa shape index (κ1) is 5.45. The number of aliphatic hydroxyl groups is 2. The van der Waals surface area contributed by atoms with E-state index in [1.165, 1.54) is 0 Å². The van der Waals surface area contributed by atoms with E-state index in [-0.39, 0.29) is 6.61 Å². The molecule has 30 valence electrons. The maximum atomic E-state index is 8.17. The zero-order valence-electron chi connectivity index (χ0n) is 3.18. The van der Waals surface area contributed by atoms with Gasteiger partial charge in [-0.15, -0.1) is 0 Å². The Morgan fingerprint density at radius 1 is 1.80 bits per heavy atom. The summed E-state index contributed by atoms with van der Waals surface area (Å²) >= 11 is 0.675. The molecule has 0 aliphatic heterocycles. The van der Waals surface area contributed by atoms with Crippen LogP contribution in [0.2, 0.25) is 0 Å². The molecule has 0 saturated carbocycles. The summed E-state index contributed by atoms with van der Waals surface area (Å²) in [7, 11) is 0. The van der Waals surface area contributed by atoms with Crippen LogP contribution in [-0.2, 0) is 0 Å². The molecule has 0 heterocycles. The quantitative estimate of drug-likeness (QED) is 0.363. The second kappa shape index (κ2) is 2.68. The van der Waals surface area contributed by atoms with Gasteiger partial charge >= 0.3 is 0 Å². The summed E-state index contributed by atoms with van der Waals surface area (Å²) in [5, 5.41) is 16.1. The third-order valence-electron chi connectivity index (χ3n) is 0.264. The normalized spacial score (nSPS) is 14.8. The van der Waals surface area contributed by atoms with E-state index in [9.17, 15) is 0 Å². The minimum absolute atomic E-state index is 0.0772. The topological polar surface area (TPSA) is 40.5 Å². The number of aliphatic hydroxyl groups excluding tert-OH is 2. The van der Waals surface area contributed by atoms with Crippen LogP contribution >= 0.6 is 0 Å².